The zero-order chi connectivity index (χ0) is 20.2. The molecule has 150 valence electrons. The van der Waals surface area contributed by atoms with Gasteiger partial charge in [0, 0.05) is 12.6 Å². The maximum atomic E-state index is 12.9. The van der Waals surface area contributed by atoms with Crippen LogP contribution in [0.2, 0.25) is 0 Å². The van der Waals surface area contributed by atoms with Gasteiger partial charge in [-0.05, 0) is 42.7 Å². The van der Waals surface area contributed by atoms with Crippen LogP contribution in [0.15, 0.2) is 42.2 Å². The fraction of sp³-hybridized carbons (Fsp3) is 0.318. The first-order valence-corrected chi connectivity index (χ1v) is 11.5. The minimum Gasteiger partial charge on any atom is -0.478 e. The number of fused-ring (bicyclic) bond motifs is 3. The van der Waals surface area contributed by atoms with Gasteiger partial charge in [0.1, 0.15) is 18.2 Å². The third kappa shape index (κ3) is 3.24. The Morgan fingerprint density at radius 3 is 2.76 bits per heavy atom. The summed E-state index contributed by atoms with van der Waals surface area (Å²) in [5, 5.41) is 0. The second kappa shape index (κ2) is 6.71. The monoisotopic (exact) mass is 411 g/mol. The van der Waals surface area contributed by atoms with Crippen LogP contribution in [0.1, 0.15) is 33.5 Å². The molecule has 0 radical (unpaired) electrons. The van der Waals surface area contributed by atoms with Crippen LogP contribution in [-0.4, -0.2) is 43.4 Å². The van der Waals surface area contributed by atoms with Gasteiger partial charge < -0.3 is 9.47 Å². The van der Waals surface area contributed by atoms with E-state index in [-0.39, 0.29) is 23.3 Å². The van der Waals surface area contributed by atoms with E-state index >= 15 is 0 Å². The second-order valence-corrected chi connectivity index (χ2v) is 10.0. The van der Waals surface area contributed by atoms with Gasteiger partial charge in [0.2, 0.25) is 5.78 Å². The Balaban J connectivity index is 1.47. The Kier molecular flexibility index (Phi) is 4.26. The van der Waals surface area contributed by atoms with Crippen LogP contribution in [0.25, 0.3) is 6.08 Å². The molecule has 0 aliphatic carbocycles. The molecule has 2 aromatic rings. The predicted octanol–water partition coefficient (Wildman–Crippen LogP) is 2.95. The average molecular weight is 411 g/mol. The number of ketones is 1. The maximum Gasteiger partial charge on any atom is 0.231 e. The maximum absolute atomic E-state index is 12.9. The minimum atomic E-state index is -2.98. The summed E-state index contributed by atoms with van der Waals surface area (Å²) in [6, 6.07) is 11.3. The molecule has 3 aliphatic heterocycles. The van der Waals surface area contributed by atoms with Gasteiger partial charge in [0.25, 0.3) is 0 Å². The summed E-state index contributed by atoms with van der Waals surface area (Å²) in [7, 11) is -2.98. The number of hydrogen-bond acceptors (Lipinski definition) is 6. The van der Waals surface area contributed by atoms with Crippen LogP contribution in [-0.2, 0) is 16.4 Å². The molecule has 0 spiro atoms. The van der Waals surface area contributed by atoms with Crippen molar-refractivity contribution in [3.63, 3.8) is 0 Å². The SMILES string of the molecule is Cc1ccccc1/C=C1\Oc2c(ccc3c2CN([C@H]2CCS(=O)(=O)C2)CO3)C1=O. The minimum absolute atomic E-state index is 0.0666. The van der Waals surface area contributed by atoms with E-state index in [1.54, 1.807) is 18.2 Å². The molecule has 6 nitrogen and oxygen atoms in total. The molecule has 0 unspecified atom stereocenters. The third-order valence-electron chi connectivity index (χ3n) is 5.84. The number of ether oxygens (including phenoxy) is 2. The van der Waals surface area contributed by atoms with Crippen LogP contribution in [0.3, 0.4) is 0 Å². The van der Waals surface area contributed by atoms with Gasteiger partial charge in [-0.3, -0.25) is 9.69 Å². The summed E-state index contributed by atoms with van der Waals surface area (Å²) >= 11 is 0. The van der Waals surface area contributed by atoms with Gasteiger partial charge in [-0.1, -0.05) is 24.3 Å². The number of nitrogens with zero attached hydrogens (tertiary/aromatic N) is 1. The fourth-order valence-electron chi connectivity index (χ4n) is 4.16. The van der Waals surface area contributed by atoms with Crippen molar-refractivity contribution in [3.05, 3.63) is 64.4 Å². The highest BCUT2D eigenvalue weighted by molar-refractivity contribution is 7.91. The molecule has 1 saturated heterocycles. The van der Waals surface area contributed by atoms with E-state index in [4.69, 9.17) is 9.47 Å². The highest BCUT2D eigenvalue weighted by atomic mass is 32.2. The Bertz CT molecular complexity index is 1150. The van der Waals surface area contributed by atoms with Crippen molar-refractivity contribution in [3.8, 4) is 11.5 Å². The first-order valence-electron chi connectivity index (χ1n) is 9.64. The third-order valence-corrected chi connectivity index (χ3v) is 7.60. The average Bonchev–Trinajstić information content (AvgIpc) is 3.23. The van der Waals surface area contributed by atoms with E-state index < -0.39 is 9.84 Å². The quantitative estimate of drug-likeness (QED) is 0.708. The topological polar surface area (TPSA) is 72.9 Å². The highest BCUT2D eigenvalue weighted by Crippen LogP contribution is 2.42. The highest BCUT2D eigenvalue weighted by Gasteiger charge is 2.38. The number of Topliss-reactive ketones (excluding diaryl/α,β-unsaturated/α-hetero) is 1. The molecule has 3 aliphatic rings. The standard InChI is InChI=1S/C22H21NO5S/c1-14-4-2-3-5-15(14)10-20-21(24)17-6-7-19-18(22(17)28-20)11-23(13-27-19)16-8-9-29(25,26)12-16/h2-7,10,16H,8-9,11-13H2,1H3/b20-10-/t16-/m0/s1. The second-order valence-electron chi connectivity index (χ2n) is 7.79. The number of carbonyl (C=O) groups is 1. The molecule has 0 bridgehead atoms. The summed E-state index contributed by atoms with van der Waals surface area (Å²) in [6.07, 6.45) is 2.38. The summed E-state index contributed by atoms with van der Waals surface area (Å²) in [4.78, 5) is 14.9. The molecule has 2 aromatic carbocycles. The van der Waals surface area contributed by atoms with E-state index in [0.29, 0.717) is 42.5 Å². The Hall–Kier alpha value is -2.64. The van der Waals surface area contributed by atoms with E-state index in [1.807, 2.05) is 36.1 Å². The van der Waals surface area contributed by atoms with E-state index in [0.717, 1.165) is 16.7 Å². The van der Waals surface area contributed by atoms with Gasteiger partial charge in [-0.15, -0.1) is 0 Å². The van der Waals surface area contributed by atoms with E-state index in [2.05, 4.69) is 0 Å². The van der Waals surface area contributed by atoms with Crippen molar-refractivity contribution in [2.24, 2.45) is 0 Å². The zero-order valence-corrected chi connectivity index (χ0v) is 16.9. The molecule has 3 heterocycles. The smallest absolute Gasteiger partial charge is 0.231 e. The molecular weight excluding hydrogens is 390 g/mol. The molecule has 0 saturated carbocycles. The number of allylic oxidation sites excluding steroid dienone is 1. The number of aryl methyl sites for hydroxylation is 1. The van der Waals surface area contributed by atoms with Gasteiger partial charge >= 0.3 is 0 Å². The van der Waals surface area contributed by atoms with Crippen LogP contribution < -0.4 is 9.47 Å². The number of sulfone groups is 1. The van der Waals surface area contributed by atoms with E-state index in [9.17, 15) is 13.2 Å². The summed E-state index contributed by atoms with van der Waals surface area (Å²) in [6.45, 7) is 2.83. The van der Waals surface area contributed by atoms with Crippen molar-refractivity contribution in [2.75, 3.05) is 18.2 Å². The van der Waals surface area contributed by atoms with Gasteiger partial charge in [0.05, 0.1) is 22.6 Å². The first-order chi connectivity index (χ1) is 13.9. The first kappa shape index (κ1) is 18.4. The number of hydrogen-bond donors (Lipinski definition) is 0. The molecule has 29 heavy (non-hydrogen) atoms. The molecule has 1 fully saturated rings. The molecule has 7 heteroatoms. The Labute approximate surface area is 169 Å². The fourth-order valence-corrected chi connectivity index (χ4v) is 5.92. The van der Waals surface area contributed by atoms with Crippen LogP contribution in [0.5, 0.6) is 11.5 Å². The van der Waals surface area contributed by atoms with Crippen molar-refractivity contribution in [2.45, 2.75) is 25.9 Å². The molecule has 0 aromatic heterocycles. The van der Waals surface area contributed by atoms with Crippen molar-refractivity contribution < 1.29 is 22.7 Å². The van der Waals surface area contributed by atoms with E-state index in [1.165, 1.54) is 0 Å². The van der Waals surface area contributed by atoms with Crippen LogP contribution >= 0.6 is 0 Å². The molecule has 5 rings (SSSR count). The van der Waals surface area contributed by atoms with Crippen LogP contribution in [0.4, 0.5) is 0 Å². The number of carbonyl (C=O) groups excluding carboxylic acids is 1. The van der Waals surface area contributed by atoms with Crippen molar-refractivity contribution in [1.29, 1.82) is 0 Å². The van der Waals surface area contributed by atoms with Gasteiger partial charge in [0.15, 0.2) is 15.6 Å². The van der Waals surface area contributed by atoms with Gasteiger partial charge in [-0.2, -0.15) is 0 Å². The zero-order valence-electron chi connectivity index (χ0n) is 16.1. The summed E-state index contributed by atoms with van der Waals surface area (Å²) in [5.74, 6) is 1.73. The Morgan fingerprint density at radius 1 is 1.17 bits per heavy atom. The molecule has 0 amide bonds. The largest absolute Gasteiger partial charge is 0.478 e. The number of benzene rings is 2. The Morgan fingerprint density at radius 2 is 2.00 bits per heavy atom. The lowest BCUT2D eigenvalue weighted by atomic mass is 10.0. The lowest BCUT2D eigenvalue weighted by Crippen LogP contribution is -2.41. The predicted molar refractivity (Wildman–Crippen MR) is 109 cm³/mol. The lowest BCUT2D eigenvalue weighted by molar-refractivity contribution is 0.0634. The summed E-state index contributed by atoms with van der Waals surface area (Å²) in [5.41, 5.74) is 3.32. The lowest BCUT2D eigenvalue weighted by Gasteiger charge is -2.33. The van der Waals surface area contributed by atoms with Crippen LogP contribution in [0, 0.1) is 6.92 Å². The summed E-state index contributed by atoms with van der Waals surface area (Å²) < 4.78 is 35.6. The van der Waals surface area contributed by atoms with Crippen molar-refractivity contribution in [1.82, 2.24) is 4.90 Å². The normalized spacial score (nSPS) is 24.1. The van der Waals surface area contributed by atoms with Crippen molar-refractivity contribution >= 4 is 21.7 Å². The van der Waals surface area contributed by atoms with Gasteiger partial charge in [-0.25, -0.2) is 8.42 Å². The molecule has 0 N–H and O–H groups in total. The molecule has 1 atom stereocenters. The number of rotatable bonds is 2. The molecular formula is C22H21NO5S.